The largest absolute Gasteiger partial charge is 0.450 e. The van der Waals surface area contributed by atoms with Crippen molar-refractivity contribution in [3.8, 4) is 22.8 Å². The van der Waals surface area contributed by atoms with E-state index < -0.39 is 11.8 Å². The normalized spacial score (nSPS) is 10.8. The van der Waals surface area contributed by atoms with Crippen molar-refractivity contribution in [1.82, 2.24) is 10.2 Å². The zero-order chi connectivity index (χ0) is 19.5. The van der Waals surface area contributed by atoms with Crippen molar-refractivity contribution in [3.63, 3.8) is 0 Å². The molecule has 0 radical (unpaired) electrons. The lowest BCUT2D eigenvalue weighted by molar-refractivity contribution is 0.0403. The maximum Gasteiger partial charge on any atom is 0.374 e. The molecule has 0 atom stereocenters. The number of aryl methyl sites for hydroxylation is 1. The molecule has 0 aliphatic carbocycles. The quantitative estimate of drug-likeness (QED) is 0.464. The highest BCUT2D eigenvalue weighted by Gasteiger charge is 2.17. The number of nitrogens with zero attached hydrogens (tertiary/aromatic N) is 2. The second-order valence-electron chi connectivity index (χ2n) is 6.09. The number of hydrogen-bond donors (Lipinski definition) is 0. The molecule has 0 aliphatic heterocycles. The van der Waals surface area contributed by atoms with Gasteiger partial charge in [-0.3, -0.25) is 0 Å². The van der Waals surface area contributed by atoms with Crippen LogP contribution in [0.1, 0.15) is 22.0 Å². The number of furan rings is 1. The SMILES string of the molecule is Cc1cccc(-c2nnc(COC(=O)c3ccc(-c4ccccc4F)o3)o2)c1. The van der Waals surface area contributed by atoms with Crippen LogP contribution in [0.25, 0.3) is 22.8 Å². The van der Waals surface area contributed by atoms with Crippen LogP contribution in [0.5, 0.6) is 0 Å². The highest BCUT2D eigenvalue weighted by atomic mass is 19.1. The molecule has 0 unspecified atom stereocenters. The van der Waals surface area contributed by atoms with Crippen molar-refractivity contribution < 1.29 is 22.8 Å². The first kappa shape index (κ1) is 17.7. The molecule has 0 N–H and O–H groups in total. The minimum absolute atomic E-state index is 0.0447. The van der Waals surface area contributed by atoms with Gasteiger partial charge in [0.05, 0.1) is 5.56 Å². The number of halogens is 1. The monoisotopic (exact) mass is 378 g/mol. The summed E-state index contributed by atoms with van der Waals surface area (Å²) in [7, 11) is 0. The fraction of sp³-hybridized carbons (Fsp3) is 0.0952. The van der Waals surface area contributed by atoms with E-state index in [-0.39, 0.29) is 29.6 Å². The van der Waals surface area contributed by atoms with Gasteiger partial charge in [-0.25, -0.2) is 9.18 Å². The minimum Gasteiger partial charge on any atom is -0.450 e. The molecule has 4 aromatic rings. The fourth-order valence-electron chi connectivity index (χ4n) is 2.66. The first-order chi connectivity index (χ1) is 13.6. The zero-order valence-electron chi connectivity index (χ0n) is 14.9. The molecular weight excluding hydrogens is 363 g/mol. The maximum atomic E-state index is 13.8. The fourth-order valence-corrected chi connectivity index (χ4v) is 2.66. The van der Waals surface area contributed by atoms with Gasteiger partial charge in [-0.2, -0.15) is 0 Å². The van der Waals surface area contributed by atoms with Crippen molar-refractivity contribution in [2.45, 2.75) is 13.5 Å². The van der Waals surface area contributed by atoms with E-state index in [0.29, 0.717) is 5.89 Å². The van der Waals surface area contributed by atoms with Gasteiger partial charge in [0.2, 0.25) is 11.7 Å². The number of benzene rings is 2. The maximum absolute atomic E-state index is 13.8. The second-order valence-corrected chi connectivity index (χ2v) is 6.09. The van der Waals surface area contributed by atoms with Crippen molar-refractivity contribution in [2.75, 3.05) is 0 Å². The molecule has 0 saturated heterocycles. The second kappa shape index (κ2) is 7.48. The van der Waals surface area contributed by atoms with Gasteiger partial charge in [0, 0.05) is 5.56 Å². The summed E-state index contributed by atoms with van der Waals surface area (Å²) in [5.74, 6) is -0.453. The van der Waals surface area contributed by atoms with Gasteiger partial charge >= 0.3 is 5.97 Å². The number of hydrogen-bond acceptors (Lipinski definition) is 6. The molecule has 4 rings (SSSR count). The van der Waals surface area contributed by atoms with Gasteiger partial charge in [-0.15, -0.1) is 10.2 Å². The summed E-state index contributed by atoms with van der Waals surface area (Å²) in [5.41, 5.74) is 2.11. The van der Waals surface area contributed by atoms with E-state index in [1.54, 1.807) is 18.2 Å². The molecule has 0 saturated carbocycles. The van der Waals surface area contributed by atoms with E-state index in [1.807, 2.05) is 31.2 Å². The average molecular weight is 378 g/mol. The number of ether oxygens (including phenoxy) is 1. The van der Waals surface area contributed by atoms with E-state index in [4.69, 9.17) is 13.6 Å². The molecule has 140 valence electrons. The lowest BCUT2D eigenvalue weighted by Crippen LogP contribution is -2.04. The van der Waals surface area contributed by atoms with Crippen LogP contribution in [0, 0.1) is 12.7 Å². The van der Waals surface area contributed by atoms with Crippen LogP contribution in [-0.2, 0) is 11.3 Å². The topological polar surface area (TPSA) is 78.4 Å². The third kappa shape index (κ3) is 3.68. The third-order valence-electron chi connectivity index (χ3n) is 4.01. The lowest BCUT2D eigenvalue weighted by atomic mass is 10.1. The number of carbonyl (C=O) groups excluding carboxylic acids is 1. The predicted octanol–water partition coefficient (Wildman–Crippen LogP) is 4.80. The molecular formula is C21H15FN2O4. The Kier molecular flexibility index (Phi) is 4.72. The highest BCUT2D eigenvalue weighted by molar-refractivity contribution is 5.87. The predicted molar refractivity (Wildman–Crippen MR) is 97.7 cm³/mol. The van der Waals surface area contributed by atoms with Crippen LogP contribution in [0.3, 0.4) is 0 Å². The first-order valence-electron chi connectivity index (χ1n) is 8.51. The first-order valence-corrected chi connectivity index (χ1v) is 8.51. The molecule has 6 nitrogen and oxygen atoms in total. The van der Waals surface area contributed by atoms with Gasteiger partial charge in [0.1, 0.15) is 11.6 Å². The highest BCUT2D eigenvalue weighted by Crippen LogP contribution is 2.25. The van der Waals surface area contributed by atoms with Crippen LogP contribution < -0.4 is 0 Å². The van der Waals surface area contributed by atoms with Gasteiger partial charge < -0.3 is 13.6 Å². The summed E-state index contributed by atoms with van der Waals surface area (Å²) in [6.07, 6.45) is 0. The van der Waals surface area contributed by atoms with Crippen molar-refractivity contribution in [3.05, 3.63) is 83.7 Å². The Labute approximate surface area is 159 Å². The van der Waals surface area contributed by atoms with Crippen LogP contribution in [-0.4, -0.2) is 16.2 Å². The summed E-state index contributed by atoms with van der Waals surface area (Å²) >= 11 is 0. The number of carbonyl (C=O) groups is 1. The number of rotatable bonds is 5. The molecule has 0 bridgehead atoms. The minimum atomic E-state index is -0.710. The molecule has 0 fully saturated rings. The summed E-state index contributed by atoms with van der Waals surface area (Å²) in [6.45, 7) is 1.76. The van der Waals surface area contributed by atoms with E-state index in [1.165, 1.54) is 18.2 Å². The Hall–Kier alpha value is -3.74. The standard InChI is InChI=1S/C21H15FN2O4/c1-13-5-4-6-14(11-13)20-24-23-19(28-20)12-26-21(25)18-10-9-17(27-18)15-7-2-3-8-16(15)22/h2-11H,12H2,1H3. The Bertz CT molecular complexity index is 1130. The summed E-state index contributed by atoms with van der Waals surface area (Å²) < 4.78 is 29.9. The van der Waals surface area contributed by atoms with E-state index >= 15 is 0 Å². The Balaban J connectivity index is 1.42. The molecule has 0 spiro atoms. The van der Waals surface area contributed by atoms with Crippen LogP contribution in [0.15, 0.2) is 69.5 Å². The van der Waals surface area contributed by atoms with Gasteiger partial charge in [-0.1, -0.05) is 29.8 Å². The van der Waals surface area contributed by atoms with Crippen molar-refractivity contribution in [1.29, 1.82) is 0 Å². The molecule has 28 heavy (non-hydrogen) atoms. The number of esters is 1. The molecule has 0 amide bonds. The average Bonchev–Trinajstić information content (AvgIpc) is 3.36. The summed E-state index contributed by atoms with van der Waals surface area (Å²) in [4.78, 5) is 12.2. The lowest BCUT2D eigenvalue weighted by Gasteiger charge is -2.00. The van der Waals surface area contributed by atoms with Crippen molar-refractivity contribution >= 4 is 5.97 Å². The van der Waals surface area contributed by atoms with Gasteiger partial charge in [0.15, 0.2) is 6.61 Å². The molecule has 7 heteroatoms. The summed E-state index contributed by atoms with van der Waals surface area (Å²) in [6, 6.07) is 16.7. The van der Waals surface area contributed by atoms with Gasteiger partial charge in [0.25, 0.3) is 5.89 Å². The molecule has 2 heterocycles. The summed E-state index contributed by atoms with van der Waals surface area (Å²) in [5, 5.41) is 7.84. The zero-order valence-corrected chi connectivity index (χ0v) is 14.9. The van der Waals surface area contributed by atoms with Crippen LogP contribution in [0.2, 0.25) is 0 Å². The Morgan fingerprint density at radius 1 is 1.04 bits per heavy atom. The van der Waals surface area contributed by atoms with Crippen LogP contribution >= 0.6 is 0 Å². The Morgan fingerprint density at radius 3 is 2.71 bits per heavy atom. The van der Waals surface area contributed by atoms with Crippen molar-refractivity contribution in [2.24, 2.45) is 0 Å². The van der Waals surface area contributed by atoms with Gasteiger partial charge in [-0.05, 0) is 43.3 Å². The molecule has 2 aromatic carbocycles. The smallest absolute Gasteiger partial charge is 0.374 e. The van der Waals surface area contributed by atoms with E-state index in [2.05, 4.69) is 10.2 Å². The van der Waals surface area contributed by atoms with Crippen LogP contribution in [0.4, 0.5) is 4.39 Å². The van der Waals surface area contributed by atoms with E-state index in [9.17, 15) is 9.18 Å². The Morgan fingerprint density at radius 2 is 1.89 bits per heavy atom. The number of aromatic nitrogens is 2. The molecule has 2 aromatic heterocycles. The third-order valence-corrected chi connectivity index (χ3v) is 4.01. The molecule has 0 aliphatic rings. The van der Waals surface area contributed by atoms with E-state index in [0.717, 1.165) is 11.1 Å².